The Balaban J connectivity index is 0.00000204. The Bertz CT molecular complexity index is 1060. The molecule has 4 N–H and O–H groups in total. The van der Waals surface area contributed by atoms with Gasteiger partial charge in [0, 0.05) is 25.2 Å². The van der Waals surface area contributed by atoms with E-state index in [1.165, 1.54) is 0 Å². The van der Waals surface area contributed by atoms with E-state index in [-0.39, 0.29) is 24.8 Å². The molecule has 0 amide bonds. The first-order valence-electron chi connectivity index (χ1n) is 11.3. The lowest BCUT2D eigenvalue weighted by Crippen LogP contribution is -2.33. The number of ether oxygens (including phenoxy) is 2. The summed E-state index contributed by atoms with van der Waals surface area (Å²) in [6.07, 6.45) is 6.97. The third-order valence-electron chi connectivity index (χ3n) is 5.94. The number of methoxy groups -OCH3 is 2. The first-order chi connectivity index (χ1) is 15.6. The van der Waals surface area contributed by atoms with Gasteiger partial charge in [0.15, 0.2) is 28.5 Å². The maximum atomic E-state index is 6.06. The Labute approximate surface area is 213 Å². The summed E-state index contributed by atoms with van der Waals surface area (Å²) in [5.74, 6) is 2.75. The number of aromatic nitrogens is 4. The van der Waals surface area contributed by atoms with Crippen LogP contribution in [0.2, 0.25) is 0 Å². The fourth-order valence-corrected chi connectivity index (χ4v) is 4.16. The number of aryl methyl sites for hydroxylation is 1. The van der Waals surface area contributed by atoms with Gasteiger partial charge in [-0.15, -0.1) is 24.8 Å². The van der Waals surface area contributed by atoms with Crippen LogP contribution < -0.4 is 25.8 Å². The molecule has 0 unspecified atom stereocenters. The quantitative estimate of drug-likeness (QED) is 0.387. The van der Waals surface area contributed by atoms with Gasteiger partial charge < -0.3 is 30.4 Å². The van der Waals surface area contributed by atoms with Crippen molar-refractivity contribution >= 4 is 47.7 Å². The molecule has 0 saturated heterocycles. The van der Waals surface area contributed by atoms with Crippen LogP contribution in [0.5, 0.6) is 11.5 Å². The molecule has 2 heterocycles. The van der Waals surface area contributed by atoms with Crippen LogP contribution in [0, 0.1) is 0 Å². The second-order valence-electron chi connectivity index (χ2n) is 8.30. The highest BCUT2D eigenvalue weighted by Gasteiger charge is 2.21. The van der Waals surface area contributed by atoms with Crippen LogP contribution in [-0.4, -0.2) is 45.8 Å². The molecule has 3 aromatic rings. The number of hydrogen-bond donors (Lipinski definition) is 3. The maximum Gasteiger partial charge on any atom is 0.227 e. The molecule has 0 spiro atoms. The highest BCUT2D eigenvalue weighted by atomic mass is 35.5. The maximum absolute atomic E-state index is 6.06. The molecule has 1 saturated carbocycles. The van der Waals surface area contributed by atoms with Gasteiger partial charge in [-0.1, -0.05) is 13.0 Å². The summed E-state index contributed by atoms with van der Waals surface area (Å²) < 4.78 is 12.8. The number of benzene rings is 1. The lowest BCUT2D eigenvalue weighted by molar-refractivity contribution is 0.354. The smallest absolute Gasteiger partial charge is 0.227 e. The summed E-state index contributed by atoms with van der Waals surface area (Å²) in [6.45, 7) is 3.58. The third-order valence-corrected chi connectivity index (χ3v) is 5.94. The van der Waals surface area contributed by atoms with Gasteiger partial charge in [0.2, 0.25) is 5.95 Å². The molecule has 1 aliphatic rings. The van der Waals surface area contributed by atoms with E-state index in [0.717, 1.165) is 61.2 Å². The SMILES string of the molecule is CCCn1cnc2c(NCc3ccc(OC)c(OC)c3)nc(NC3CCC(N)CC3)nc21.Cl.Cl. The number of imidazole rings is 1. The molecule has 188 valence electrons. The zero-order valence-electron chi connectivity index (χ0n) is 19.9. The van der Waals surface area contributed by atoms with Crippen LogP contribution in [0.15, 0.2) is 24.5 Å². The summed E-state index contributed by atoms with van der Waals surface area (Å²) in [6, 6.07) is 6.52. The van der Waals surface area contributed by atoms with Crippen LogP contribution in [-0.2, 0) is 13.1 Å². The van der Waals surface area contributed by atoms with Crippen LogP contribution in [0.3, 0.4) is 0 Å². The average molecular weight is 512 g/mol. The molecule has 0 radical (unpaired) electrons. The summed E-state index contributed by atoms with van der Waals surface area (Å²) in [5.41, 5.74) is 8.73. The Hall–Kier alpha value is -2.49. The summed E-state index contributed by atoms with van der Waals surface area (Å²) in [7, 11) is 3.27. The van der Waals surface area contributed by atoms with Crippen molar-refractivity contribution in [3.05, 3.63) is 30.1 Å². The minimum atomic E-state index is 0. The molecule has 1 aromatic carbocycles. The van der Waals surface area contributed by atoms with Gasteiger partial charge in [0.05, 0.1) is 20.5 Å². The van der Waals surface area contributed by atoms with Crippen molar-refractivity contribution in [3.63, 3.8) is 0 Å². The summed E-state index contributed by atoms with van der Waals surface area (Å²) in [5, 5.41) is 6.98. The van der Waals surface area contributed by atoms with Gasteiger partial charge in [-0.2, -0.15) is 9.97 Å². The van der Waals surface area contributed by atoms with Crippen LogP contribution >= 0.6 is 24.8 Å². The van der Waals surface area contributed by atoms with Crippen molar-refractivity contribution in [1.29, 1.82) is 0 Å². The van der Waals surface area contributed by atoms with Crippen molar-refractivity contribution in [2.24, 2.45) is 5.73 Å². The first kappa shape index (κ1) is 27.8. The fourth-order valence-electron chi connectivity index (χ4n) is 4.16. The predicted octanol–water partition coefficient (Wildman–Crippen LogP) is 4.39. The Morgan fingerprint density at radius 1 is 1.06 bits per heavy atom. The zero-order chi connectivity index (χ0) is 22.5. The Kier molecular flexibility index (Phi) is 10.5. The van der Waals surface area contributed by atoms with Gasteiger partial charge in [-0.25, -0.2) is 4.98 Å². The van der Waals surface area contributed by atoms with Gasteiger partial charge >= 0.3 is 0 Å². The third kappa shape index (κ3) is 6.34. The Morgan fingerprint density at radius 3 is 2.47 bits per heavy atom. The minimum Gasteiger partial charge on any atom is -0.493 e. The van der Waals surface area contributed by atoms with E-state index in [0.29, 0.717) is 36.1 Å². The lowest BCUT2D eigenvalue weighted by Gasteiger charge is -2.26. The molecule has 2 aromatic heterocycles. The molecule has 4 rings (SSSR count). The number of rotatable bonds is 9. The number of nitrogens with one attached hydrogen (secondary N) is 2. The van der Waals surface area contributed by atoms with Crippen molar-refractivity contribution in [3.8, 4) is 11.5 Å². The second kappa shape index (κ2) is 12.8. The number of anilines is 2. The first-order valence-corrected chi connectivity index (χ1v) is 11.3. The number of fused-ring (bicyclic) bond motifs is 1. The zero-order valence-corrected chi connectivity index (χ0v) is 21.5. The molecular formula is C23H35Cl2N7O2. The van der Waals surface area contributed by atoms with Crippen LogP contribution in [0.4, 0.5) is 11.8 Å². The molecular weight excluding hydrogens is 477 g/mol. The molecule has 34 heavy (non-hydrogen) atoms. The van der Waals surface area contributed by atoms with E-state index in [9.17, 15) is 0 Å². The van der Waals surface area contributed by atoms with E-state index >= 15 is 0 Å². The second-order valence-corrected chi connectivity index (χ2v) is 8.30. The molecule has 9 nitrogen and oxygen atoms in total. The van der Waals surface area contributed by atoms with Crippen LogP contribution in [0.25, 0.3) is 11.2 Å². The topological polar surface area (TPSA) is 112 Å². The largest absolute Gasteiger partial charge is 0.493 e. The molecule has 1 fully saturated rings. The molecule has 0 atom stereocenters. The molecule has 0 aliphatic heterocycles. The monoisotopic (exact) mass is 511 g/mol. The van der Waals surface area contributed by atoms with E-state index in [2.05, 4.69) is 27.1 Å². The van der Waals surface area contributed by atoms with Crippen molar-refractivity contribution in [1.82, 2.24) is 19.5 Å². The van der Waals surface area contributed by atoms with E-state index in [1.807, 2.05) is 24.5 Å². The van der Waals surface area contributed by atoms with Gasteiger partial charge in [0.25, 0.3) is 0 Å². The van der Waals surface area contributed by atoms with E-state index < -0.39 is 0 Å². The number of nitrogens with two attached hydrogens (primary N) is 1. The van der Waals surface area contributed by atoms with E-state index in [4.69, 9.17) is 25.2 Å². The summed E-state index contributed by atoms with van der Waals surface area (Å²) >= 11 is 0. The number of nitrogens with zero attached hydrogens (tertiary/aromatic N) is 4. The Morgan fingerprint density at radius 2 is 1.79 bits per heavy atom. The molecule has 1 aliphatic carbocycles. The lowest BCUT2D eigenvalue weighted by atomic mass is 9.92. The molecule has 11 heteroatoms. The highest BCUT2D eigenvalue weighted by Crippen LogP contribution is 2.29. The van der Waals surface area contributed by atoms with Gasteiger partial charge in [0.1, 0.15) is 0 Å². The number of halogens is 2. The predicted molar refractivity (Wildman–Crippen MR) is 141 cm³/mol. The minimum absolute atomic E-state index is 0. The standard InChI is InChI=1S/C23H33N7O2.2ClH/c1-4-11-30-14-26-20-21(25-13-15-5-10-18(31-2)19(12-15)32-3)28-23(29-22(20)30)27-17-8-6-16(24)7-9-17;;/h5,10,12,14,16-17H,4,6-9,11,13,24H2,1-3H3,(H2,25,27,28,29);2*1H. The van der Waals surface area contributed by atoms with Crippen molar-refractivity contribution in [2.45, 2.75) is 64.2 Å². The number of hydrogen-bond acceptors (Lipinski definition) is 8. The summed E-state index contributed by atoms with van der Waals surface area (Å²) in [4.78, 5) is 14.2. The fraction of sp³-hybridized carbons (Fsp3) is 0.522. The van der Waals surface area contributed by atoms with Crippen molar-refractivity contribution in [2.75, 3.05) is 24.9 Å². The van der Waals surface area contributed by atoms with Gasteiger partial charge in [-0.3, -0.25) is 0 Å². The molecule has 0 bridgehead atoms. The van der Waals surface area contributed by atoms with E-state index in [1.54, 1.807) is 14.2 Å². The van der Waals surface area contributed by atoms with Crippen molar-refractivity contribution < 1.29 is 9.47 Å². The van der Waals surface area contributed by atoms with Gasteiger partial charge in [-0.05, 0) is 49.8 Å². The highest BCUT2D eigenvalue weighted by molar-refractivity contribution is 5.86. The average Bonchev–Trinajstić information content (AvgIpc) is 3.22. The normalized spacial score (nSPS) is 17.4. The van der Waals surface area contributed by atoms with Crippen LogP contribution in [0.1, 0.15) is 44.6 Å².